The van der Waals surface area contributed by atoms with Gasteiger partial charge in [-0.1, -0.05) is 12.1 Å². The maximum Gasteiger partial charge on any atom is 0.355 e. The average molecular weight is 369 g/mol. The van der Waals surface area contributed by atoms with Crippen LogP contribution >= 0.6 is 23.4 Å². The summed E-state index contributed by atoms with van der Waals surface area (Å²) in [4.78, 5) is 25.9. The molecule has 0 spiro atoms. The van der Waals surface area contributed by atoms with E-state index in [1.54, 1.807) is 19.2 Å². The van der Waals surface area contributed by atoms with Crippen LogP contribution in [0.15, 0.2) is 35.5 Å². The Morgan fingerprint density at radius 3 is 2.75 bits per heavy atom. The number of rotatable bonds is 5. The smallest absolute Gasteiger partial charge is 0.355 e. The third-order valence-electron chi connectivity index (χ3n) is 3.97. The lowest BCUT2D eigenvalue weighted by molar-refractivity contribution is -0.151. The number of benzene rings is 1. The number of carbonyl (C=O) groups is 2. The van der Waals surface area contributed by atoms with E-state index in [1.165, 1.54) is 16.7 Å². The second-order valence-electron chi connectivity index (χ2n) is 5.45. The van der Waals surface area contributed by atoms with Crippen LogP contribution in [-0.2, 0) is 20.9 Å². The number of carbonyl (C=O) groups excluding carboxylic acids is 2. The average Bonchev–Trinajstić information content (AvgIpc) is 2.64. The van der Waals surface area contributed by atoms with Crippen LogP contribution < -0.4 is 10.5 Å². The zero-order valence-electron chi connectivity index (χ0n) is 13.0. The van der Waals surface area contributed by atoms with Crippen molar-refractivity contribution < 1.29 is 19.1 Å². The summed E-state index contributed by atoms with van der Waals surface area (Å²) in [7, 11) is 1.58. The number of alkyl halides is 1. The Labute approximate surface area is 148 Å². The highest BCUT2D eigenvalue weighted by Gasteiger charge is 2.51. The minimum atomic E-state index is -0.573. The molecule has 2 N–H and O–H groups in total. The van der Waals surface area contributed by atoms with Crippen LogP contribution in [0.5, 0.6) is 5.75 Å². The molecule has 1 saturated heterocycles. The molecule has 1 aromatic rings. The molecule has 2 atom stereocenters. The monoisotopic (exact) mass is 368 g/mol. The molecule has 2 aliphatic heterocycles. The summed E-state index contributed by atoms with van der Waals surface area (Å²) in [6, 6.07) is 6.63. The highest BCUT2D eigenvalue weighted by molar-refractivity contribution is 8.00. The summed E-state index contributed by atoms with van der Waals surface area (Å²) in [5.41, 5.74) is 7.55. The molecular formula is C16H17ClN2O4S. The molecule has 1 aromatic carbocycles. The predicted molar refractivity (Wildman–Crippen MR) is 91.6 cm³/mol. The van der Waals surface area contributed by atoms with Gasteiger partial charge in [0.2, 0.25) is 5.91 Å². The molecule has 3 rings (SSSR count). The van der Waals surface area contributed by atoms with Gasteiger partial charge in [0.25, 0.3) is 0 Å². The Hall–Kier alpha value is -1.70. The number of β-lactam (4-membered cyclic amide) rings is 1. The number of nitrogens with two attached hydrogens (primary N) is 1. The maximum atomic E-state index is 12.5. The number of methoxy groups -OCH3 is 1. The van der Waals surface area contributed by atoms with Crippen molar-refractivity contribution in [3.8, 4) is 5.75 Å². The Bertz CT molecular complexity index is 692. The minimum absolute atomic E-state index is 0.105. The van der Waals surface area contributed by atoms with E-state index >= 15 is 0 Å². The fourth-order valence-corrected chi connectivity index (χ4v) is 4.24. The summed E-state index contributed by atoms with van der Waals surface area (Å²) in [6.45, 7) is 0.105. The summed E-state index contributed by atoms with van der Waals surface area (Å²) in [5.74, 6) is 0.646. The van der Waals surface area contributed by atoms with Gasteiger partial charge in [-0.15, -0.1) is 23.4 Å². The van der Waals surface area contributed by atoms with Crippen LogP contribution in [0.3, 0.4) is 0 Å². The highest BCUT2D eigenvalue weighted by atomic mass is 35.5. The van der Waals surface area contributed by atoms with Gasteiger partial charge >= 0.3 is 5.97 Å². The van der Waals surface area contributed by atoms with Crippen molar-refractivity contribution in [3.05, 3.63) is 41.1 Å². The van der Waals surface area contributed by atoms with E-state index in [1.807, 2.05) is 12.1 Å². The van der Waals surface area contributed by atoms with Gasteiger partial charge in [-0.25, -0.2) is 4.79 Å². The van der Waals surface area contributed by atoms with Crippen molar-refractivity contribution in [1.82, 2.24) is 4.90 Å². The van der Waals surface area contributed by atoms with Crippen molar-refractivity contribution >= 4 is 35.2 Å². The normalized spacial score (nSPS) is 22.8. The first-order valence-corrected chi connectivity index (χ1v) is 8.93. The topological polar surface area (TPSA) is 81.9 Å². The molecule has 0 radical (unpaired) electrons. The zero-order chi connectivity index (χ0) is 17.3. The third kappa shape index (κ3) is 2.99. The molecule has 1 fully saturated rings. The molecular weight excluding hydrogens is 352 g/mol. The Morgan fingerprint density at radius 2 is 2.12 bits per heavy atom. The van der Waals surface area contributed by atoms with Gasteiger partial charge in [-0.2, -0.15) is 0 Å². The van der Waals surface area contributed by atoms with Gasteiger partial charge in [0.1, 0.15) is 29.5 Å². The van der Waals surface area contributed by atoms with Gasteiger partial charge in [-0.3, -0.25) is 9.69 Å². The second kappa shape index (κ2) is 7.04. The number of halogens is 1. The van der Waals surface area contributed by atoms with Crippen LogP contribution in [0, 0.1) is 0 Å². The number of nitrogens with zero attached hydrogens (tertiary/aromatic N) is 1. The van der Waals surface area contributed by atoms with Gasteiger partial charge in [0.15, 0.2) is 0 Å². The lowest BCUT2D eigenvalue weighted by atomic mass is 10.0. The molecule has 2 aliphatic rings. The van der Waals surface area contributed by atoms with Crippen molar-refractivity contribution in [3.63, 3.8) is 0 Å². The quantitative estimate of drug-likeness (QED) is 0.481. The fraction of sp³-hybridized carbons (Fsp3) is 0.375. The number of esters is 1. The van der Waals surface area contributed by atoms with Gasteiger partial charge in [-0.05, 0) is 23.3 Å². The van der Waals surface area contributed by atoms with Gasteiger partial charge < -0.3 is 15.2 Å². The Balaban J connectivity index is 1.72. The summed E-state index contributed by atoms with van der Waals surface area (Å²) in [5, 5.41) is -0.215. The van der Waals surface area contributed by atoms with E-state index in [9.17, 15) is 9.59 Å². The summed E-state index contributed by atoms with van der Waals surface area (Å²) in [6.07, 6.45) is 0. The number of amides is 1. The molecule has 0 aromatic heterocycles. The molecule has 0 saturated carbocycles. The predicted octanol–water partition coefficient (Wildman–Crippen LogP) is 1.47. The van der Waals surface area contributed by atoms with E-state index in [-0.39, 0.29) is 29.5 Å². The molecule has 1 amide bonds. The maximum absolute atomic E-state index is 12.5. The molecule has 1 unspecified atom stereocenters. The Kier molecular flexibility index (Phi) is 5.03. The summed E-state index contributed by atoms with van der Waals surface area (Å²) >= 11 is 7.44. The largest absolute Gasteiger partial charge is 0.497 e. The van der Waals surface area contributed by atoms with Crippen molar-refractivity contribution in [2.75, 3.05) is 18.7 Å². The van der Waals surface area contributed by atoms with Gasteiger partial charge in [0, 0.05) is 11.6 Å². The van der Waals surface area contributed by atoms with E-state index in [0.29, 0.717) is 11.3 Å². The van der Waals surface area contributed by atoms with Crippen molar-refractivity contribution in [2.45, 2.75) is 18.0 Å². The Morgan fingerprint density at radius 1 is 1.42 bits per heavy atom. The molecule has 128 valence electrons. The van der Waals surface area contributed by atoms with Crippen LogP contribution in [0.1, 0.15) is 5.56 Å². The van der Waals surface area contributed by atoms with Crippen LogP contribution in [-0.4, -0.2) is 46.9 Å². The standard InChI is InChI=1S/C16H17ClN2O4S/c1-22-11-4-2-9(3-5-11)7-23-16(21)13-10(6-17)8-24-15-12(18)14(20)19(13)15/h2-5,12,15H,6-8,18H2,1H3/t12?,15-/m0/s1. The molecule has 0 aliphatic carbocycles. The lowest BCUT2D eigenvalue weighted by Gasteiger charge is -2.48. The SMILES string of the molecule is COc1ccc(COC(=O)C2=C(CCl)CS[C@H]3C(N)C(=O)N23)cc1. The first kappa shape index (κ1) is 17.1. The van der Waals surface area contributed by atoms with E-state index in [0.717, 1.165) is 11.3 Å². The molecule has 24 heavy (non-hydrogen) atoms. The lowest BCUT2D eigenvalue weighted by Crippen LogP contribution is -2.68. The zero-order valence-corrected chi connectivity index (χ0v) is 14.6. The van der Waals surface area contributed by atoms with Crippen LogP contribution in [0.2, 0.25) is 0 Å². The van der Waals surface area contributed by atoms with E-state index in [2.05, 4.69) is 0 Å². The van der Waals surface area contributed by atoms with Crippen LogP contribution in [0.25, 0.3) is 0 Å². The van der Waals surface area contributed by atoms with Crippen molar-refractivity contribution in [1.29, 1.82) is 0 Å². The number of hydrogen-bond donors (Lipinski definition) is 1. The number of ether oxygens (including phenoxy) is 2. The fourth-order valence-electron chi connectivity index (χ4n) is 2.61. The first-order valence-electron chi connectivity index (χ1n) is 7.35. The number of thioether (sulfide) groups is 1. The molecule has 2 heterocycles. The van der Waals surface area contributed by atoms with E-state index < -0.39 is 12.0 Å². The minimum Gasteiger partial charge on any atom is -0.497 e. The first-order chi connectivity index (χ1) is 11.6. The second-order valence-corrected chi connectivity index (χ2v) is 6.82. The molecule has 8 heteroatoms. The number of hydrogen-bond acceptors (Lipinski definition) is 6. The van der Waals surface area contributed by atoms with Crippen LogP contribution in [0.4, 0.5) is 0 Å². The number of fused-ring (bicyclic) bond motifs is 1. The highest BCUT2D eigenvalue weighted by Crippen LogP contribution is 2.40. The van der Waals surface area contributed by atoms with E-state index in [4.69, 9.17) is 26.8 Å². The summed E-state index contributed by atoms with van der Waals surface area (Å²) < 4.78 is 10.5. The van der Waals surface area contributed by atoms with Gasteiger partial charge in [0.05, 0.1) is 7.11 Å². The molecule has 0 bridgehead atoms. The van der Waals surface area contributed by atoms with Crippen molar-refractivity contribution in [2.24, 2.45) is 5.73 Å². The third-order valence-corrected chi connectivity index (χ3v) is 5.66. The molecule has 6 nitrogen and oxygen atoms in total.